The molecule has 162 valence electrons. The van der Waals surface area contributed by atoms with Crippen LogP contribution in [0, 0.1) is 24.7 Å². The number of amides is 3. The highest BCUT2D eigenvalue weighted by atomic mass is 16.2. The lowest BCUT2D eigenvalue weighted by Gasteiger charge is -2.57. The van der Waals surface area contributed by atoms with Gasteiger partial charge in [-0.3, -0.25) is 19.4 Å². The number of rotatable bonds is 4. The number of hydrogen-bond donors (Lipinski definition) is 1. The molecular weight excluding hydrogens is 394 g/mol. The van der Waals surface area contributed by atoms with Crippen LogP contribution in [0.5, 0.6) is 0 Å². The number of nitrogens with one attached hydrogen (secondary N) is 1. The Morgan fingerprint density at radius 1 is 1.03 bits per heavy atom. The fourth-order valence-electron chi connectivity index (χ4n) is 7.05. The minimum absolute atomic E-state index is 0.0484. The van der Waals surface area contributed by atoms with Crippen molar-refractivity contribution in [3.8, 4) is 0 Å². The van der Waals surface area contributed by atoms with Gasteiger partial charge in [0.05, 0.1) is 5.69 Å². The summed E-state index contributed by atoms with van der Waals surface area (Å²) in [6, 6.07) is 5.53. The molecule has 1 N–H and O–H groups in total. The van der Waals surface area contributed by atoms with Crippen molar-refractivity contribution >= 4 is 23.4 Å². The molecule has 8 nitrogen and oxygen atoms in total. The lowest BCUT2D eigenvalue weighted by atomic mass is 9.53. The number of carbonyl (C=O) groups excluding carboxylic acids is 3. The summed E-state index contributed by atoms with van der Waals surface area (Å²) >= 11 is 0. The fraction of sp³-hybridized carbons (Fsp3) is 0.609. The van der Waals surface area contributed by atoms with Crippen LogP contribution < -0.4 is 10.2 Å². The monoisotopic (exact) mass is 421 g/mol. The molecule has 0 spiro atoms. The number of fused-ring (bicyclic) bond motifs is 1. The molecule has 2 aliphatic heterocycles. The first kappa shape index (κ1) is 19.0. The van der Waals surface area contributed by atoms with Crippen LogP contribution in [-0.4, -0.2) is 46.9 Å². The van der Waals surface area contributed by atoms with E-state index in [0.717, 1.165) is 42.6 Å². The van der Waals surface area contributed by atoms with E-state index < -0.39 is 12.1 Å². The van der Waals surface area contributed by atoms with E-state index in [4.69, 9.17) is 0 Å². The van der Waals surface area contributed by atoms with Crippen molar-refractivity contribution in [3.05, 3.63) is 29.8 Å². The highest BCUT2D eigenvalue weighted by Crippen LogP contribution is 2.55. The third-order valence-corrected chi connectivity index (χ3v) is 7.90. The number of benzene rings is 1. The molecule has 0 radical (unpaired) electrons. The Balaban J connectivity index is 1.16. The highest BCUT2D eigenvalue weighted by Gasteiger charge is 2.56. The van der Waals surface area contributed by atoms with Crippen LogP contribution in [0.2, 0.25) is 0 Å². The van der Waals surface area contributed by atoms with Crippen LogP contribution in [0.1, 0.15) is 44.1 Å². The maximum atomic E-state index is 13.1. The van der Waals surface area contributed by atoms with Gasteiger partial charge in [-0.2, -0.15) is 5.11 Å². The van der Waals surface area contributed by atoms with Crippen molar-refractivity contribution in [3.63, 3.8) is 0 Å². The topological polar surface area (TPSA) is 94.4 Å². The zero-order valence-corrected chi connectivity index (χ0v) is 17.7. The van der Waals surface area contributed by atoms with Crippen LogP contribution in [0.4, 0.5) is 5.69 Å². The summed E-state index contributed by atoms with van der Waals surface area (Å²) in [6.07, 6.45) is 7.13. The SMILES string of the molecule is Cc1ccc(N2C(=O)[C@@H]3[C@@H](N=NN3CC(=O)NC34CC5CC(CC(C5)C3)C4)C2=O)cc1. The molecule has 8 heteroatoms. The second kappa shape index (κ2) is 6.61. The smallest absolute Gasteiger partial charge is 0.263 e. The van der Waals surface area contributed by atoms with Crippen LogP contribution in [-0.2, 0) is 14.4 Å². The second-order valence-electron chi connectivity index (χ2n) is 10.3. The summed E-state index contributed by atoms with van der Waals surface area (Å²) < 4.78 is 0. The Kier molecular flexibility index (Phi) is 4.04. The maximum Gasteiger partial charge on any atom is 0.263 e. The van der Waals surface area contributed by atoms with Gasteiger partial charge in [0.2, 0.25) is 5.91 Å². The lowest BCUT2D eigenvalue weighted by molar-refractivity contribution is -0.129. The van der Waals surface area contributed by atoms with Gasteiger partial charge in [-0.1, -0.05) is 22.9 Å². The molecule has 3 amide bonds. The quantitative estimate of drug-likeness (QED) is 0.755. The summed E-state index contributed by atoms with van der Waals surface area (Å²) in [4.78, 5) is 40.1. The number of anilines is 1. The van der Waals surface area contributed by atoms with E-state index in [1.54, 1.807) is 12.1 Å². The van der Waals surface area contributed by atoms with Crippen molar-refractivity contribution in [1.82, 2.24) is 10.3 Å². The molecule has 4 saturated carbocycles. The van der Waals surface area contributed by atoms with E-state index in [2.05, 4.69) is 15.7 Å². The van der Waals surface area contributed by atoms with E-state index in [1.165, 1.54) is 29.2 Å². The molecule has 7 rings (SSSR count). The zero-order valence-electron chi connectivity index (χ0n) is 17.7. The number of hydrogen-bond acceptors (Lipinski definition) is 6. The third kappa shape index (κ3) is 2.98. The van der Waals surface area contributed by atoms with Gasteiger partial charge in [-0.05, 0) is 75.3 Å². The lowest BCUT2D eigenvalue weighted by Crippen LogP contribution is -2.61. The average Bonchev–Trinajstić information content (AvgIpc) is 3.21. The molecule has 2 atom stereocenters. The summed E-state index contributed by atoms with van der Waals surface area (Å²) in [5.74, 6) is 1.33. The predicted molar refractivity (Wildman–Crippen MR) is 112 cm³/mol. The minimum atomic E-state index is -0.874. The van der Waals surface area contributed by atoms with Crippen molar-refractivity contribution < 1.29 is 14.4 Å². The van der Waals surface area contributed by atoms with E-state index >= 15 is 0 Å². The molecule has 4 aliphatic carbocycles. The van der Waals surface area contributed by atoms with E-state index in [-0.39, 0.29) is 29.8 Å². The molecule has 1 aromatic rings. The van der Waals surface area contributed by atoms with Crippen LogP contribution in [0.15, 0.2) is 34.6 Å². The van der Waals surface area contributed by atoms with Gasteiger partial charge in [-0.15, -0.1) is 0 Å². The number of nitrogens with zero attached hydrogens (tertiary/aromatic N) is 4. The molecule has 1 aromatic carbocycles. The molecule has 1 saturated heterocycles. The second-order valence-corrected chi connectivity index (χ2v) is 10.3. The molecule has 31 heavy (non-hydrogen) atoms. The molecule has 0 unspecified atom stereocenters. The first-order valence-corrected chi connectivity index (χ1v) is 11.3. The van der Waals surface area contributed by atoms with Gasteiger partial charge in [0, 0.05) is 5.54 Å². The van der Waals surface area contributed by atoms with E-state index in [0.29, 0.717) is 5.69 Å². The van der Waals surface area contributed by atoms with Crippen LogP contribution >= 0.6 is 0 Å². The van der Waals surface area contributed by atoms with Crippen molar-refractivity contribution in [2.45, 2.75) is 63.1 Å². The Bertz CT molecular complexity index is 952. The Morgan fingerprint density at radius 3 is 2.26 bits per heavy atom. The third-order valence-electron chi connectivity index (χ3n) is 7.90. The summed E-state index contributed by atoms with van der Waals surface area (Å²) in [7, 11) is 0. The zero-order chi connectivity index (χ0) is 21.3. The minimum Gasteiger partial charge on any atom is -0.349 e. The fourth-order valence-corrected chi connectivity index (χ4v) is 7.05. The highest BCUT2D eigenvalue weighted by molar-refractivity contribution is 6.25. The molecule has 2 heterocycles. The average molecular weight is 422 g/mol. The molecule has 0 aromatic heterocycles. The maximum absolute atomic E-state index is 13.1. The number of carbonyl (C=O) groups is 3. The first-order chi connectivity index (χ1) is 14.9. The molecule has 6 aliphatic rings. The van der Waals surface area contributed by atoms with Crippen LogP contribution in [0.3, 0.4) is 0 Å². The summed E-state index contributed by atoms with van der Waals surface area (Å²) in [5, 5.41) is 12.8. The number of aryl methyl sites for hydroxylation is 1. The first-order valence-electron chi connectivity index (χ1n) is 11.3. The molecule has 5 fully saturated rings. The molecular formula is C23H27N5O3. The van der Waals surface area contributed by atoms with Gasteiger partial charge in [0.15, 0.2) is 12.1 Å². The summed E-state index contributed by atoms with van der Waals surface area (Å²) in [6.45, 7) is 1.90. The van der Waals surface area contributed by atoms with Gasteiger partial charge < -0.3 is 5.32 Å². The predicted octanol–water partition coefficient (Wildman–Crippen LogP) is 2.37. The van der Waals surface area contributed by atoms with Crippen molar-refractivity contribution in [2.24, 2.45) is 28.1 Å². The Hall–Kier alpha value is -2.77. The van der Waals surface area contributed by atoms with Crippen molar-refractivity contribution in [2.75, 3.05) is 11.4 Å². The standard InChI is InChI=1S/C23H27N5O3/c1-13-2-4-17(5-3-13)28-21(30)19-20(22(28)31)27(26-25-19)12-18(29)24-23-9-14-6-15(10-23)8-16(7-14)11-23/h2-5,14-16,19-20H,6-12H2,1H3,(H,24,29)/t14?,15?,16?,19-,20+,23?/m1/s1. The van der Waals surface area contributed by atoms with Crippen molar-refractivity contribution in [1.29, 1.82) is 0 Å². The Labute approximate surface area is 181 Å². The Morgan fingerprint density at radius 2 is 1.65 bits per heavy atom. The molecule has 4 bridgehead atoms. The summed E-state index contributed by atoms with van der Waals surface area (Å²) in [5.41, 5.74) is 1.49. The van der Waals surface area contributed by atoms with Crippen LogP contribution in [0.25, 0.3) is 0 Å². The number of imide groups is 1. The van der Waals surface area contributed by atoms with Gasteiger partial charge in [-0.25, -0.2) is 4.90 Å². The van der Waals surface area contributed by atoms with E-state index in [1.807, 2.05) is 19.1 Å². The van der Waals surface area contributed by atoms with E-state index in [9.17, 15) is 14.4 Å². The van der Waals surface area contributed by atoms with Gasteiger partial charge in [0.1, 0.15) is 6.54 Å². The van der Waals surface area contributed by atoms with Gasteiger partial charge in [0.25, 0.3) is 11.8 Å². The largest absolute Gasteiger partial charge is 0.349 e. The normalized spacial score (nSPS) is 37.6. The van der Waals surface area contributed by atoms with Gasteiger partial charge >= 0.3 is 0 Å².